The molecular formula is C5H14N2. The Labute approximate surface area is 47.7 Å². The van der Waals surface area contributed by atoms with Gasteiger partial charge in [-0.2, -0.15) is 0 Å². The lowest BCUT2D eigenvalue weighted by molar-refractivity contribution is 0.595. The van der Waals surface area contributed by atoms with Gasteiger partial charge in [0.2, 0.25) is 0 Å². The molecule has 2 nitrogen and oxygen atoms in total. The van der Waals surface area contributed by atoms with E-state index >= 15 is 0 Å². The van der Waals surface area contributed by atoms with Gasteiger partial charge in [-0.15, -0.1) is 0 Å². The van der Waals surface area contributed by atoms with Crippen molar-refractivity contribution >= 4 is 0 Å². The molecule has 0 amide bonds. The Morgan fingerprint density at radius 1 is 1.86 bits per heavy atom. The second-order valence-corrected chi connectivity index (χ2v) is 1.46. The molecule has 0 saturated heterocycles. The maximum absolute atomic E-state index is 7.20. The highest BCUT2D eigenvalue weighted by atomic mass is 14.8. The van der Waals surface area contributed by atoms with Gasteiger partial charge < -0.3 is 11.5 Å². The summed E-state index contributed by atoms with van der Waals surface area (Å²) >= 11 is 0. The van der Waals surface area contributed by atoms with E-state index in [1.807, 2.05) is 0 Å². The zero-order chi connectivity index (χ0) is 7.28. The zero-order valence-electron chi connectivity index (χ0n) is 6.43. The molecule has 44 valence electrons. The molecule has 0 spiro atoms. The van der Waals surface area contributed by atoms with Crippen LogP contribution in [0.4, 0.5) is 0 Å². The summed E-state index contributed by atoms with van der Waals surface area (Å²) < 4.78 is 14.0. The molecule has 7 heavy (non-hydrogen) atoms. The minimum Gasteiger partial charge on any atom is -0.316 e. The van der Waals surface area contributed by atoms with E-state index in [9.17, 15) is 0 Å². The first-order chi connectivity index (χ1) is 4.18. The van der Waals surface area contributed by atoms with E-state index in [-0.39, 0.29) is 0 Å². The molecule has 0 aliphatic heterocycles. The van der Waals surface area contributed by atoms with Crippen molar-refractivity contribution in [3.8, 4) is 0 Å². The van der Waals surface area contributed by atoms with Crippen molar-refractivity contribution < 1.29 is 2.74 Å². The van der Waals surface area contributed by atoms with Crippen LogP contribution < -0.4 is 11.5 Å². The Bertz CT molecular complexity index is 68.0. The molecule has 0 radical (unpaired) electrons. The molecule has 0 aliphatic rings. The molecule has 1 atom stereocenters. The van der Waals surface area contributed by atoms with Crippen molar-refractivity contribution in [2.24, 2.45) is 11.5 Å². The molecule has 0 heterocycles. The van der Waals surface area contributed by atoms with E-state index in [0.717, 1.165) is 6.42 Å². The maximum Gasteiger partial charge on any atom is 0.0520 e. The summed E-state index contributed by atoms with van der Waals surface area (Å²) in [5.41, 5.74) is 10.4. The highest BCUT2D eigenvalue weighted by Gasteiger charge is 1.88. The third-order valence-corrected chi connectivity index (χ3v) is 0.643. The normalized spacial score (nSPS) is 18.7. The first-order valence-electron chi connectivity index (χ1n) is 3.69. The summed E-state index contributed by atoms with van der Waals surface area (Å²) in [4.78, 5) is 0. The standard InChI is InChI=1S/C5H14N2/c1-2-3-4-5(6)7/h5H,2-4,6-7H2,1H3/i1D,4D. The molecule has 0 aliphatic carbocycles. The lowest BCUT2D eigenvalue weighted by Gasteiger charge is -2.00. The fourth-order valence-electron chi connectivity index (χ4n) is 0.310. The van der Waals surface area contributed by atoms with Gasteiger partial charge in [0.05, 0.1) is 6.17 Å². The largest absolute Gasteiger partial charge is 0.316 e. The second kappa shape index (κ2) is 4.09. The average Bonchev–Trinajstić information content (AvgIpc) is 1.82. The van der Waals surface area contributed by atoms with Crippen molar-refractivity contribution in [3.63, 3.8) is 0 Å². The predicted molar refractivity (Wildman–Crippen MR) is 31.7 cm³/mol. The monoisotopic (exact) mass is 104 g/mol. The maximum atomic E-state index is 7.20. The summed E-state index contributed by atoms with van der Waals surface area (Å²) in [6.07, 6.45) is 0.423. The van der Waals surface area contributed by atoms with E-state index in [1.54, 1.807) is 0 Å². The molecule has 0 aromatic rings. The third kappa shape index (κ3) is 5.92. The van der Waals surface area contributed by atoms with Gasteiger partial charge in [0.15, 0.2) is 0 Å². The molecule has 1 unspecified atom stereocenters. The van der Waals surface area contributed by atoms with Crippen LogP contribution in [0.15, 0.2) is 0 Å². The molecule has 0 aromatic carbocycles. The van der Waals surface area contributed by atoms with Gasteiger partial charge in [0.25, 0.3) is 0 Å². The van der Waals surface area contributed by atoms with Crippen molar-refractivity contribution in [2.75, 3.05) is 0 Å². The summed E-state index contributed by atoms with van der Waals surface area (Å²) in [5, 5.41) is 0. The number of rotatable bonds is 3. The van der Waals surface area contributed by atoms with Crippen LogP contribution in [-0.2, 0) is 0 Å². The SMILES string of the molecule is [2H]CCCC([2H])C(N)N. The van der Waals surface area contributed by atoms with E-state index in [4.69, 9.17) is 14.2 Å². The second-order valence-electron chi connectivity index (χ2n) is 1.46. The van der Waals surface area contributed by atoms with Crippen LogP contribution in [0, 0.1) is 0 Å². The quantitative estimate of drug-likeness (QED) is 0.510. The van der Waals surface area contributed by atoms with Crippen LogP contribution in [0.2, 0.25) is 0 Å². The fourth-order valence-corrected chi connectivity index (χ4v) is 0.310. The van der Waals surface area contributed by atoms with E-state index < -0.39 is 12.6 Å². The van der Waals surface area contributed by atoms with Gasteiger partial charge in [-0.1, -0.05) is 19.7 Å². The minimum atomic E-state index is -0.545. The molecule has 0 fully saturated rings. The number of hydrogen-bond acceptors (Lipinski definition) is 2. The Balaban J connectivity index is 3.16. The van der Waals surface area contributed by atoms with Crippen LogP contribution in [0.25, 0.3) is 0 Å². The smallest absolute Gasteiger partial charge is 0.0520 e. The van der Waals surface area contributed by atoms with Gasteiger partial charge in [-0.3, -0.25) is 0 Å². The van der Waals surface area contributed by atoms with Gasteiger partial charge in [-0.05, 0) is 6.40 Å². The van der Waals surface area contributed by atoms with Gasteiger partial charge in [0.1, 0.15) is 0 Å². The molecular weight excluding hydrogens is 88.1 g/mol. The molecule has 0 aromatic heterocycles. The molecule has 4 N–H and O–H groups in total. The summed E-state index contributed by atoms with van der Waals surface area (Å²) in [5.74, 6) is 0. The average molecular weight is 104 g/mol. The Kier molecular flexibility index (Phi) is 2.26. The van der Waals surface area contributed by atoms with Crippen LogP contribution in [0.1, 0.15) is 28.9 Å². The predicted octanol–water partition coefficient (Wildman–Crippen LogP) is 0.420. The Hall–Kier alpha value is -0.0800. The highest BCUT2D eigenvalue weighted by Crippen LogP contribution is 1.91. The summed E-state index contributed by atoms with van der Waals surface area (Å²) in [6, 6.07) is 0. The molecule has 0 bridgehead atoms. The molecule has 0 saturated carbocycles. The molecule has 0 rings (SSSR count). The third-order valence-electron chi connectivity index (χ3n) is 0.643. The number of hydrogen-bond donors (Lipinski definition) is 2. The lowest BCUT2D eigenvalue weighted by atomic mass is 10.2. The Morgan fingerprint density at radius 2 is 2.57 bits per heavy atom. The van der Waals surface area contributed by atoms with Crippen LogP contribution in [-0.4, -0.2) is 6.17 Å². The van der Waals surface area contributed by atoms with E-state index in [0.29, 0.717) is 13.3 Å². The van der Waals surface area contributed by atoms with Crippen molar-refractivity contribution in [2.45, 2.75) is 32.3 Å². The van der Waals surface area contributed by atoms with Gasteiger partial charge >= 0.3 is 0 Å². The first kappa shape index (κ1) is 3.87. The molecule has 2 heteroatoms. The van der Waals surface area contributed by atoms with Crippen LogP contribution in [0.5, 0.6) is 0 Å². The van der Waals surface area contributed by atoms with E-state index in [2.05, 4.69) is 0 Å². The summed E-state index contributed by atoms with van der Waals surface area (Å²) in [6.45, 7) is 0.363. The van der Waals surface area contributed by atoms with Crippen molar-refractivity contribution in [1.29, 1.82) is 0 Å². The minimum absolute atomic E-state index is 0.363. The van der Waals surface area contributed by atoms with Crippen molar-refractivity contribution in [1.82, 2.24) is 0 Å². The van der Waals surface area contributed by atoms with Gasteiger partial charge in [-0.25, -0.2) is 0 Å². The summed E-state index contributed by atoms with van der Waals surface area (Å²) in [7, 11) is 0. The zero-order valence-corrected chi connectivity index (χ0v) is 4.43. The Morgan fingerprint density at radius 3 is 3.00 bits per heavy atom. The topological polar surface area (TPSA) is 52.0 Å². The first-order valence-corrected chi connectivity index (χ1v) is 2.41. The van der Waals surface area contributed by atoms with Crippen LogP contribution >= 0.6 is 0 Å². The van der Waals surface area contributed by atoms with E-state index in [1.165, 1.54) is 0 Å². The fraction of sp³-hybridized carbons (Fsp3) is 1.00. The van der Waals surface area contributed by atoms with Crippen LogP contribution in [0.3, 0.4) is 0 Å². The lowest BCUT2D eigenvalue weighted by Crippen LogP contribution is -2.29. The van der Waals surface area contributed by atoms with Gasteiger partial charge in [0, 0.05) is 2.74 Å². The highest BCUT2D eigenvalue weighted by molar-refractivity contribution is 4.48. The van der Waals surface area contributed by atoms with Crippen molar-refractivity contribution in [3.05, 3.63) is 0 Å². The number of nitrogens with two attached hydrogens (primary N) is 2.